The van der Waals surface area contributed by atoms with Gasteiger partial charge in [-0.05, 0) is 70.6 Å². The molecule has 0 aliphatic carbocycles. The monoisotopic (exact) mass is 712 g/mol. The van der Waals surface area contributed by atoms with Crippen LogP contribution in [-0.2, 0) is 27.9 Å². The summed E-state index contributed by atoms with van der Waals surface area (Å²) >= 11 is 0. The Morgan fingerprint density at radius 1 is 0.633 bits per heavy atom. The second kappa shape index (κ2) is 37.7. The predicted octanol–water partition coefficient (Wildman–Crippen LogP) is 11.2. The number of hydrogen-bond acceptors (Lipinski definition) is 7. The summed E-state index contributed by atoms with van der Waals surface area (Å²) in [5.41, 5.74) is 5.35. The highest BCUT2D eigenvalue weighted by Gasteiger charge is 2.25. The molecule has 0 fully saturated rings. The van der Waals surface area contributed by atoms with Crippen LogP contribution in [-0.4, -0.2) is 49.9 Å². The highest BCUT2D eigenvalue weighted by Crippen LogP contribution is 2.43. The number of carbonyl (C=O) groups excluding carboxylic acids is 1. The van der Waals surface area contributed by atoms with Gasteiger partial charge in [0.25, 0.3) is 0 Å². The molecule has 0 aromatic carbocycles. The van der Waals surface area contributed by atoms with E-state index in [0.29, 0.717) is 13.0 Å². The quantitative estimate of drug-likeness (QED) is 0.0283. The van der Waals surface area contributed by atoms with Crippen LogP contribution in [0.1, 0.15) is 162 Å². The average molecular weight is 712 g/mol. The Hall–Kier alpha value is -1.54. The maximum absolute atomic E-state index is 12.5. The van der Waals surface area contributed by atoms with Gasteiger partial charge in [0.15, 0.2) is 0 Å². The van der Waals surface area contributed by atoms with Gasteiger partial charge in [-0.2, -0.15) is 0 Å². The van der Waals surface area contributed by atoms with Crippen LogP contribution in [0.5, 0.6) is 0 Å². The largest absolute Gasteiger partial charge is 0.472 e. The van der Waals surface area contributed by atoms with Crippen molar-refractivity contribution in [2.24, 2.45) is 5.73 Å². The lowest BCUT2D eigenvalue weighted by Crippen LogP contribution is -2.28. The van der Waals surface area contributed by atoms with Gasteiger partial charge >= 0.3 is 13.8 Å². The van der Waals surface area contributed by atoms with Gasteiger partial charge in [-0.3, -0.25) is 13.8 Å². The van der Waals surface area contributed by atoms with Crippen molar-refractivity contribution in [3.8, 4) is 0 Å². The third-order valence-corrected chi connectivity index (χ3v) is 8.96. The van der Waals surface area contributed by atoms with E-state index < -0.39 is 13.9 Å². The average Bonchev–Trinajstić information content (AvgIpc) is 3.09. The number of nitrogens with two attached hydrogens (primary N) is 1. The van der Waals surface area contributed by atoms with Crippen LogP contribution >= 0.6 is 7.82 Å². The van der Waals surface area contributed by atoms with Gasteiger partial charge in [0.05, 0.1) is 19.8 Å². The maximum atomic E-state index is 12.5. The molecule has 0 aliphatic heterocycles. The van der Waals surface area contributed by atoms with Gasteiger partial charge in [0.2, 0.25) is 0 Å². The van der Waals surface area contributed by atoms with Crippen molar-refractivity contribution in [3.05, 3.63) is 48.6 Å². The van der Waals surface area contributed by atoms with Crippen molar-refractivity contribution >= 4 is 13.8 Å². The first-order valence-electron chi connectivity index (χ1n) is 19.6. The molecule has 0 heterocycles. The molecule has 2 atom stereocenters. The number of carbonyl (C=O) groups is 1. The van der Waals surface area contributed by atoms with Crippen molar-refractivity contribution in [2.45, 2.75) is 168 Å². The number of phosphoric acid groups is 1. The zero-order valence-electron chi connectivity index (χ0n) is 31.4. The molecule has 0 saturated carbocycles. The molecule has 0 amide bonds. The number of allylic oxidation sites excluding steroid dienone is 8. The Morgan fingerprint density at radius 2 is 1.14 bits per heavy atom. The highest BCUT2D eigenvalue weighted by atomic mass is 31.2. The van der Waals surface area contributed by atoms with Crippen LogP contribution in [0, 0.1) is 0 Å². The van der Waals surface area contributed by atoms with E-state index in [1.54, 1.807) is 0 Å². The summed E-state index contributed by atoms with van der Waals surface area (Å²) in [6.07, 6.45) is 42.7. The summed E-state index contributed by atoms with van der Waals surface area (Å²) in [4.78, 5) is 22.4. The Morgan fingerprint density at radius 3 is 1.73 bits per heavy atom. The topological polar surface area (TPSA) is 117 Å². The molecule has 3 N–H and O–H groups in total. The lowest BCUT2D eigenvalue weighted by molar-refractivity contribution is -0.154. The number of phosphoric ester groups is 1. The predicted molar refractivity (Wildman–Crippen MR) is 206 cm³/mol. The number of ether oxygens (including phenoxy) is 2. The number of unbranched alkanes of at least 4 members (excludes halogenated alkanes) is 16. The van der Waals surface area contributed by atoms with Crippen LogP contribution in [0.25, 0.3) is 0 Å². The Bertz CT molecular complexity index is 890. The molecule has 2 unspecified atom stereocenters. The number of hydrogen-bond donors (Lipinski definition) is 2. The van der Waals surface area contributed by atoms with Crippen molar-refractivity contribution in [3.63, 3.8) is 0 Å². The van der Waals surface area contributed by atoms with E-state index in [1.807, 2.05) is 0 Å². The summed E-state index contributed by atoms with van der Waals surface area (Å²) < 4.78 is 33.3. The first-order valence-corrected chi connectivity index (χ1v) is 21.1. The third kappa shape index (κ3) is 37.5. The summed E-state index contributed by atoms with van der Waals surface area (Å²) in [6, 6.07) is 0. The molecule has 0 bridgehead atoms. The van der Waals surface area contributed by atoms with Crippen LogP contribution in [0.3, 0.4) is 0 Å². The van der Waals surface area contributed by atoms with Gasteiger partial charge < -0.3 is 20.1 Å². The molecule has 9 heteroatoms. The van der Waals surface area contributed by atoms with Crippen molar-refractivity contribution < 1.29 is 32.8 Å². The van der Waals surface area contributed by atoms with E-state index >= 15 is 0 Å². The molecule has 49 heavy (non-hydrogen) atoms. The summed E-state index contributed by atoms with van der Waals surface area (Å²) in [5, 5.41) is 0. The highest BCUT2D eigenvalue weighted by molar-refractivity contribution is 7.47. The zero-order chi connectivity index (χ0) is 35.9. The van der Waals surface area contributed by atoms with Crippen molar-refractivity contribution in [1.29, 1.82) is 0 Å². The molecule has 0 radical (unpaired) electrons. The fraction of sp³-hybridized carbons (Fsp3) is 0.775. The van der Waals surface area contributed by atoms with Crippen LogP contribution in [0.2, 0.25) is 0 Å². The van der Waals surface area contributed by atoms with Crippen LogP contribution in [0.15, 0.2) is 48.6 Å². The normalized spacial score (nSPS) is 14.1. The van der Waals surface area contributed by atoms with Crippen LogP contribution in [0.4, 0.5) is 0 Å². The molecule has 0 spiro atoms. The van der Waals surface area contributed by atoms with E-state index in [4.69, 9.17) is 24.3 Å². The molecule has 0 saturated heterocycles. The van der Waals surface area contributed by atoms with Crippen molar-refractivity contribution in [1.82, 2.24) is 0 Å². The van der Waals surface area contributed by atoms with Crippen LogP contribution < -0.4 is 5.73 Å². The Kier molecular flexibility index (Phi) is 36.5. The smallest absolute Gasteiger partial charge is 0.457 e. The van der Waals surface area contributed by atoms with E-state index in [0.717, 1.165) is 83.5 Å². The lowest BCUT2D eigenvalue weighted by atomic mass is 10.1. The second-order valence-electron chi connectivity index (χ2n) is 12.8. The summed E-state index contributed by atoms with van der Waals surface area (Å²) in [6.45, 7) is 4.73. The summed E-state index contributed by atoms with van der Waals surface area (Å²) in [5.74, 6) is -0.349. The maximum Gasteiger partial charge on any atom is 0.472 e. The lowest BCUT2D eigenvalue weighted by Gasteiger charge is -2.20. The minimum Gasteiger partial charge on any atom is -0.457 e. The van der Waals surface area contributed by atoms with Gasteiger partial charge in [-0.1, -0.05) is 133 Å². The van der Waals surface area contributed by atoms with E-state index in [9.17, 15) is 14.3 Å². The fourth-order valence-electron chi connectivity index (χ4n) is 5.12. The van der Waals surface area contributed by atoms with E-state index in [-0.39, 0.29) is 32.3 Å². The van der Waals surface area contributed by atoms with E-state index in [2.05, 4.69) is 62.5 Å². The molecule has 0 aliphatic rings. The third-order valence-electron chi connectivity index (χ3n) is 7.98. The molecule has 0 aromatic rings. The summed E-state index contributed by atoms with van der Waals surface area (Å²) in [7, 11) is -4.28. The molecular formula is C40H74NO7P. The Balaban J connectivity index is 4.13. The Labute approximate surface area is 301 Å². The fourth-order valence-corrected chi connectivity index (χ4v) is 5.89. The molecular weight excluding hydrogens is 637 g/mol. The number of esters is 1. The zero-order valence-corrected chi connectivity index (χ0v) is 32.3. The van der Waals surface area contributed by atoms with E-state index in [1.165, 1.54) is 57.8 Å². The van der Waals surface area contributed by atoms with Gasteiger partial charge in [0.1, 0.15) is 6.10 Å². The van der Waals surface area contributed by atoms with Crippen molar-refractivity contribution in [2.75, 3.05) is 33.0 Å². The SMILES string of the molecule is CC/C=C\C/C=C\C/C=C\CCCCCCOCC(COP(=O)(O)OCCN)OC(=O)CCCCCCC/C=C\CCCCCCCCC. The van der Waals surface area contributed by atoms with Gasteiger partial charge in [-0.15, -0.1) is 0 Å². The minimum absolute atomic E-state index is 0.0935. The van der Waals surface area contributed by atoms with Gasteiger partial charge in [-0.25, -0.2) is 4.57 Å². The minimum atomic E-state index is -4.28. The standard InChI is InChI=1S/C40H74NO7P/c1-3-5-7-9-11-13-15-17-19-20-21-23-25-27-29-31-33-40(42)48-39(38-47-49(43,44)46-36-34-41)37-45-35-32-30-28-26-24-22-18-16-14-12-10-8-6-4-2/h6,8,12,14,18-20,22,39H,3-5,7,9-11,13,15-17,21,23-38,41H2,1-2H3,(H,43,44)/b8-6-,14-12-,20-19-,22-18-. The first-order chi connectivity index (χ1) is 23.9. The molecule has 286 valence electrons. The molecule has 0 rings (SSSR count). The molecule has 0 aromatic heterocycles. The number of rotatable bonds is 37. The second-order valence-corrected chi connectivity index (χ2v) is 14.2. The first kappa shape index (κ1) is 47.5. The molecule has 8 nitrogen and oxygen atoms in total. The van der Waals surface area contributed by atoms with Gasteiger partial charge in [0, 0.05) is 19.6 Å².